The lowest BCUT2D eigenvalue weighted by atomic mass is 9.75. The summed E-state index contributed by atoms with van der Waals surface area (Å²) in [6.07, 6.45) is 7.43. The zero-order chi connectivity index (χ0) is 113. The van der Waals surface area contributed by atoms with E-state index in [1.807, 2.05) is 587 Å². The smallest absolute Gasteiger partial charge is 0.340 e. The van der Waals surface area contributed by atoms with E-state index in [1.165, 1.54) is 55.2 Å². The number of hydrogen-bond donors (Lipinski definition) is 0. The first-order valence-corrected chi connectivity index (χ1v) is 55.0. The van der Waals surface area contributed by atoms with Crippen LogP contribution >= 0.6 is 0 Å². The fourth-order valence-corrected chi connectivity index (χ4v) is 10.7. The molecule has 0 saturated carbocycles. The maximum atomic E-state index is 12.4. The van der Waals surface area contributed by atoms with Gasteiger partial charge in [-0.1, -0.05) is 828 Å². The second kappa shape index (κ2) is 136. The molecule has 0 saturated heterocycles. The summed E-state index contributed by atoms with van der Waals surface area (Å²) in [5.74, 6) is -0.275. The molecular weight excluding hydrogens is 1770 g/mol. The zero-order valence-electron chi connectivity index (χ0n) is 100. The maximum absolute atomic E-state index is 12.4. The van der Waals surface area contributed by atoms with E-state index < -0.39 is 5.60 Å². The van der Waals surface area contributed by atoms with E-state index in [2.05, 4.69) is 200 Å². The summed E-state index contributed by atoms with van der Waals surface area (Å²) in [4.78, 5) is 12.4. The molecule has 0 amide bonds. The van der Waals surface area contributed by atoms with E-state index >= 15 is 0 Å². The van der Waals surface area contributed by atoms with Gasteiger partial charge in [0.2, 0.25) is 0 Å². The fraction of sp³-hybridized carbons (Fsp3) is 0.372. The van der Waals surface area contributed by atoms with Crippen LogP contribution in [0.2, 0.25) is 0 Å². The van der Waals surface area contributed by atoms with Crippen LogP contribution in [-0.2, 0) is 21.2 Å². The Bertz CT molecular complexity index is 3680. The molecule has 2 heteroatoms. The number of carbonyl (C=O) groups excluding carboxylic acids is 1. The highest BCUT2D eigenvalue weighted by Crippen LogP contribution is 2.52. The summed E-state index contributed by atoms with van der Waals surface area (Å²) in [6, 6.07) is 167. The lowest BCUT2D eigenvalue weighted by molar-refractivity contribution is 0.0251. The second-order valence-corrected chi connectivity index (χ2v) is 32.7. The number of hydrogen-bond acceptors (Lipinski definition) is 2. The predicted octanol–water partition coefficient (Wildman–Crippen LogP) is 48.4. The van der Waals surface area contributed by atoms with Gasteiger partial charge in [0.15, 0.2) is 5.60 Å². The molecule has 0 N–H and O–H groups in total. The van der Waals surface area contributed by atoms with Crippen molar-refractivity contribution < 1.29 is 9.53 Å². The summed E-state index contributed by atoms with van der Waals surface area (Å²) in [5.41, 5.74) is 8.45. The van der Waals surface area contributed by atoms with Crippen LogP contribution in [0.15, 0.2) is 504 Å². The molecule has 147 heavy (non-hydrogen) atoms. The van der Waals surface area contributed by atoms with Crippen molar-refractivity contribution in [2.75, 3.05) is 0 Å². The van der Waals surface area contributed by atoms with E-state index in [4.69, 9.17) is 4.74 Å². The highest BCUT2D eigenvalue weighted by molar-refractivity contribution is 5.96. The monoisotopic (exact) mass is 2000 g/mol. The van der Waals surface area contributed by atoms with Crippen molar-refractivity contribution in [1.29, 1.82) is 0 Å². The first-order valence-electron chi connectivity index (χ1n) is 55.0. The number of rotatable bonds is 3. The van der Waals surface area contributed by atoms with Crippen molar-refractivity contribution >= 4 is 5.97 Å². The summed E-state index contributed by atoms with van der Waals surface area (Å²) in [7, 11) is 0. The van der Waals surface area contributed by atoms with Crippen molar-refractivity contribution in [2.24, 2.45) is 10.8 Å². The molecular formula is C145H226O2. The quantitative estimate of drug-likeness (QED) is 0.165. The summed E-state index contributed by atoms with van der Waals surface area (Å²) in [5, 5.41) is 0. The number of carbonyl (C=O) groups is 1. The van der Waals surface area contributed by atoms with Gasteiger partial charge in [-0.05, 0) is 45.4 Å². The molecule has 0 bridgehead atoms. The van der Waals surface area contributed by atoms with Gasteiger partial charge in [0.1, 0.15) is 0 Å². The van der Waals surface area contributed by atoms with E-state index in [1.54, 1.807) is 0 Å². The fourth-order valence-electron chi connectivity index (χ4n) is 10.7. The Hall–Kier alpha value is -12.2. The summed E-state index contributed by atoms with van der Waals surface area (Å²) >= 11 is 0. The van der Waals surface area contributed by atoms with Gasteiger partial charge < -0.3 is 4.74 Å². The number of esters is 1. The van der Waals surface area contributed by atoms with Crippen LogP contribution in [0.5, 0.6) is 0 Å². The first-order chi connectivity index (χ1) is 70.4. The van der Waals surface area contributed by atoms with Crippen LogP contribution in [0.1, 0.15) is 381 Å². The normalized spacial score (nSPS) is 10.4. The third kappa shape index (κ3) is 111. The Labute approximate surface area is 916 Å². The molecule has 1 aliphatic heterocycles. The standard InChI is InChI=1S/C20H14O2.C18H20.10C6H6.2C5H12.5C3H8.10C2H6.2CH4/c21-19-17-13-7-8-14-18(17)20(22-19,15-9-3-1-4-10-15)16-11-5-2-6-12-16;1-17(2)13-18(3,14-9-5-4-6-10-14)16-12-8-7-11-15(16)17;10*1-2-4-6-5-3-1;2*1-5(2,3)4;5*1-3-2;10*1-2;;/h1-14H;4-12H,13H2,1-3H3;10*1-6H;2*1-4H3;5*3H2,1-2H3;10*1-2H3;2*1H4. The van der Waals surface area contributed by atoms with Crippen LogP contribution in [0, 0.1) is 10.8 Å². The maximum Gasteiger partial charge on any atom is 0.340 e. The molecule has 1 aliphatic carbocycles. The SMILES string of the molecule is C.C.CC.CC.CC.CC.CC.CC.CC.CC.CC.CC.CC(C)(C)C.CC(C)(C)C.CC1(C)CC(C)(c2ccccc2)c2ccccc21.CCC.CCC.CCC.CCC.CCC.O=C1OC(c2ccccc2)(c2ccccc2)c2ccccc21.c1ccccc1.c1ccccc1.c1ccccc1.c1ccccc1.c1ccccc1.c1ccccc1.c1ccccc1.c1ccccc1.c1ccccc1.c1ccccc1. The Morgan fingerprint density at radius 3 is 0.463 bits per heavy atom. The van der Waals surface area contributed by atoms with Crippen LogP contribution in [0.25, 0.3) is 0 Å². The van der Waals surface area contributed by atoms with E-state index in [0.717, 1.165) is 16.7 Å². The van der Waals surface area contributed by atoms with Crippen molar-refractivity contribution in [3.05, 3.63) is 542 Å². The Kier molecular flexibility index (Phi) is 153. The molecule has 0 radical (unpaired) electrons. The van der Waals surface area contributed by atoms with Gasteiger partial charge in [-0.2, -0.15) is 0 Å². The van der Waals surface area contributed by atoms with Crippen molar-refractivity contribution in [1.82, 2.24) is 0 Å². The summed E-state index contributed by atoms with van der Waals surface area (Å²) in [6.45, 7) is 85.9. The first kappa shape index (κ1) is 165. The molecule has 1 unspecified atom stereocenters. The van der Waals surface area contributed by atoms with Crippen molar-refractivity contribution in [3.8, 4) is 0 Å². The van der Waals surface area contributed by atoms with Crippen molar-refractivity contribution in [3.63, 3.8) is 0 Å². The molecule has 1 heterocycles. The average molecular weight is 2000 g/mol. The third-order valence-electron chi connectivity index (χ3n) is 15.3. The molecule has 17 rings (SSSR count). The highest BCUT2D eigenvalue weighted by atomic mass is 16.6. The molecule has 15 aromatic carbocycles. The molecule has 0 spiro atoms. The van der Waals surface area contributed by atoms with E-state index in [0.29, 0.717) is 16.4 Å². The molecule has 0 aromatic heterocycles. The topological polar surface area (TPSA) is 26.3 Å². The molecule has 2 nitrogen and oxygen atoms in total. The summed E-state index contributed by atoms with van der Waals surface area (Å²) < 4.78 is 5.95. The molecule has 818 valence electrons. The lowest BCUT2D eigenvalue weighted by Gasteiger charge is -2.30. The van der Waals surface area contributed by atoms with Gasteiger partial charge in [-0.25, -0.2) is 4.79 Å². The van der Waals surface area contributed by atoms with Gasteiger partial charge in [0.25, 0.3) is 0 Å². The molecule has 15 aromatic rings. The van der Waals surface area contributed by atoms with Crippen LogP contribution in [-0.4, -0.2) is 5.97 Å². The second-order valence-electron chi connectivity index (χ2n) is 32.7. The van der Waals surface area contributed by atoms with E-state index in [-0.39, 0.29) is 31.7 Å². The number of ether oxygens (including phenoxy) is 1. The van der Waals surface area contributed by atoms with Crippen LogP contribution < -0.4 is 0 Å². The Morgan fingerprint density at radius 1 is 0.190 bits per heavy atom. The zero-order valence-corrected chi connectivity index (χ0v) is 100. The highest BCUT2D eigenvalue weighted by Gasteiger charge is 2.48. The van der Waals surface area contributed by atoms with Gasteiger partial charge in [-0.3, -0.25) is 0 Å². The molecule has 1 atom stereocenters. The van der Waals surface area contributed by atoms with E-state index in [9.17, 15) is 4.79 Å². The lowest BCUT2D eigenvalue weighted by Crippen LogP contribution is -2.29. The minimum Gasteiger partial charge on any atom is -0.441 e. The Morgan fingerprint density at radius 2 is 0.306 bits per heavy atom. The van der Waals surface area contributed by atoms with Gasteiger partial charge in [-0.15, -0.1) is 0 Å². The van der Waals surface area contributed by atoms with Gasteiger partial charge in [0.05, 0.1) is 5.56 Å². The minimum atomic E-state index is -0.865. The van der Waals surface area contributed by atoms with Gasteiger partial charge in [0, 0.05) is 22.1 Å². The number of benzene rings is 15. The number of cyclic esters (lactones) is 1. The largest absolute Gasteiger partial charge is 0.441 e. The Balaban J connectivity index is -0.000000108. The molecule has 0 fully saturated rings. The minimum absolute atomic E-state index is 0. The van der Waals surface area contributed by atoms with Gasteiger partial charge >= 0.3 is 5.97 Å². The van der Waals surface area contributed by atoms with Crippen LogP contribution in [0.4, 0.5) is 0 Å². The predicted molar refractivity (Wildman–Crippen MR) is 683 cm³/mol. The third-order valence-corrected chi connectivity index (χ3v) is 15.3. The molecule has 2 aliphatic rings. The van der Waals surface area contributed by atoms with Crippen LogP contribution in [0.3, 0.4) is 0 Å². The average Bonchev–Trinajstić information content (AvgIpc) is 1.38. The number of fused-ring (bicyclic) bond motifs is 2. The van der Waals surface area contributed by atoms with Crippen molar-refractivity contribution in [2.45, 2.75) is 354 Å².